The van der Waals surface area contributed by atoms with Gasteiger partial charge in [0.25, 0.3) is 0 Å². The first-order valence-electron chi connectivity index (χ1n) is 7.95. The molecule has 22 heavy (non-hydrogen) atoms. The zero-order chi connectivity index (χ0) is 15.7. The highest BCUT2D eigenvalue weighted by Gasteiger charge is 2.37. The van der Waals surface area contributed by atoms with Crippen molar-refractivity contribution >= 4 is 29.3 Å². The molecule has 1 saturated heterocycles. The Morgan fingerprint density at radius 1 is 1.36 bits per heavy atom. The van der Waals surface area contributed by atoms with Gasteiger partial charge >= 0.3 is 0 Å². The molecule has 2 heterocycles. The quantitative estimate of drug-likeness (QED) is 0.842. The Morgan fingerprint density at radius 2 is 2.14 bits per heavy atom. The van der Waals surface area contributed by atoms with Gasteiger partial charge in [0.05, 0.1) is 11.6 Å². The van der Waals surface area contributed by atoms with Crippen LogP contribution >= 0.6 is 11.8 Å². The van der Waals surface area contributed by atoms with Crippen LogP contribution in [0.1, 0.15) is 26.7 Å². The van der Waals surface area contributed by atoms with Crippen LogP contribution in [0.15, 0.2) is 29.2 Å². The van der Waals surface area contributed by atoms with Crippen LogP contribution in [0.25, 0.3) is 0 Å². The van der Waals surface area contributed by atoms with Crippen molar-refractivity contribution in [3.8, 4) is 0 Å². The molecule has 0 saturated carbocycles. The van der Waals surface area contributed by atoms with Crippen LogP contribution in [-0.4, -0.2) is 41.6 Å². The van der Waals surface area contributed by atoms with Gasteiger partial charge in [-0.25, -0.2) is 0 Å². The molecule has 1 aromatic rings. The lowest BCUT2D eigenvalue weighted by atomic mass is 10.1. The molecule has 0 aromatic heterocycles. The van der Waals surface area contributed by atoms with E-state index in [2.05, 4.69) is 13.0 Å². The molecule has 1 aromatic carbocycles. The first-order chi connectivity index (χ1) is 10.6. The van der Waals surface area contributed by atoms with Crippen molar-refractivity contribution in [3.63, 3.8) is 0 Å². The summed E-state index contributed by atoms with van der Waals surface area (Å²) in [4.78, 5) is 29.7. The number of likely N-dealkylation sites (tertiary alicyclic amines) is 1. The van der Waals surface area contributed by atoms with E-state index in [-0.39, 0.29) is 17.7 Å². The standard InChI is InChI=1S/C17H22N2O2S/c1-3-18-11-13(10-16(18)20)17(21)19-9-8-12(2)22-15-7-5-4-6-14(15)19/h4-7,12-13H,3,8-11H2,1-2H3. The lowest BCUT2D eigenvalue weighted by Crippen LogP contribution is -2.38. The number of para-hydroxylation sites is 1. The molecule has 2 unspecified atom stereocenters. The van der Waals surface area contributed by atoms with Crippen LogP contribution in [0.3, 0.4) is 0 Å². The largest absolute Gasteiger partial charge is 0.342 e. The number of thioether (sulfide) groups is 1. The van der Waals surface area contributed by atoms with E-state index in [1.54, 1.807) is 4.90 Å². The Bertz CT molecular complexity index is 590. The van der Waals surface area contributed by atoms with E-state index in [0.717, 1.165) is 23.5 Å². The highest BCUT2D eigenvalue weighted by molar-refractivity contribution is 8.00. The van der Waals surface area contributed by atoms with Gasteiger partial charge in [-0.05, 0) is 25.5 Å². The maximum Gasteiger partial charge on any atom is 0.232 e. The summed E-state index contributed by atoms with van der Waals surface area (Å²) in [5.41, 5.74) is 1.00. The molecule has 4 nitrogen and oxygen atoms in total. The number of nitrogens with zero attached hydrogens (tertiary/aromatic N) is 2. The van der Waals surface area contributed by atoms with Crippen molar-refractivity contribution < 1.29 is 9.59 Å². The summed E-state index contributed by atoms with van der Waals surface area (Å²) in [5.74, 6) is 0.0112. The number of benzene rings is 1. The Hall–Kier alpha value is -1.49. The Balaban J connectivity index is 1.85. The molecule has 0 N–H and O–H groups in total. The number of carbonyl (C=O) groups is 2. The molecule has 5 heteroatoms. The number of anilines is 1. The second-order valence-electron chi connectivity index (χ2n) is 6.01. The van der Waals surface area contributed by atoms with Crippen LogP contribution in [0.2, 0.25) is 0 Å². The van der Waals surface area contributed by atoms with Gasteiger partial charge < -0.3 is 9.80 Å². The van der Waals surface area contributed by atoms with Gasteiger partial charge in [-0.3, -0.25) is 9.59 Å². The van der Waals surface area contributed by atoms with Crippen LogP contribution in [0.4, 0.5) is 5.69 Å². The zero-order valence-corrected chi connectivity index (χ0v) is 13.9. The summed E-state index contributed by atoms with van der Waals surface area (Å²) < 4.78 is 0. The topological polar surface area (TPSA) is 40.6 Å². The monoisotopic (exact) mass is 318 g/mol. The van der Waals surface area contributed by atoms with E-state index < -0.39 is 0 Å². The van der Waals surface area contributed by atoms with E-state index in [4.69, 9.17) is 0 Å². The van der Waals surface area contributed by atoms with Crippen LogP contribution in [0.5, 0.6) is 0 Å². The summed E-state index contributed by atoms with van der Waals surface area (Å²) in [5, 5.41) is 0.497. The average molecular weight is 318 g/mol. The minimum absolute atomic E-state index is 0.103. The summed E-state index contributed by atoms with van der Waals surface area (Å²) >= 11 is 1.83. The third-order valence-corrected chi connectivity index (χ3v) is 5.69. The highest BCUT2D eigenvalue weighted by atomic mass is 32.2. The molecule has 0 aliphatic carbocycles. The van der Waals surface area contributed by atoms with Crippen molar-refractivity contribution in [2.75, 3.05) is 24.5 Å². The van der Waals surface area contributed by atoms with Crippen LogP contribution < -0.4 is 4.90 Å². The predicted molar refractivity (Wildman–Crippen MR) is 89.1 cm³/mol. The summed E-state index contributed by atoms with van der Waals surface area (Å²) in [7, 11) is 0. The molecule has 118 valence electrons. The van der Waals surface area contributed by atoms with E-state index in [1.165, 1.54) is 0 Å². The smallest absolute Gasteiger partial charge is 0.232 e. The first-order valence-corrected chi connectivity index (χ1v) is 8.83. The number of carbonyl (C=O) groups excluding carboxylic acids is 2. The Labute approximate surface area is 135 Å². The molecule has 2 atom stereocenters. The maximum absolute atomic E-state index is 13.0. The number of hydrogen-bond donors (Lipinski definition) is 0. The zero-order valence-electron chi connectivity index (χ0n) is 13.1. The molecule has 2 aliphatic rings. The SMILES string of the molecule is CCN1CC(C(=O)N2CCC(C)Sc3ccccc32)CC1=O. The number of amides is 2. The summed E-state index contributed by atoms with van der Waals surface area (Å²) in [6, 6.07) is 8.10. The van der Waals surface area contributed by atoms with Gasteiger partial charge in [0.2, 0.25) is 11.8 Å². The summed E-state index contributed by atoms with van der Waals surface area (Å²) in [6.07, 6.45) is 1.33. The van der Waals surface area contributed by atoms with Gasteiger partial charge in [0, 0.05) is 36.2 Å². The summed E-state index contributed by atoms with van der Waals surface area (Å²) in [6.45, 7) is 6.15. The number of hydrogen-bond acceptors (Lipinski definition) is 3. The van der Waals surface area contributed by atoms with Crippen LogP contribution in [0, 0.1) is 5.92 Å². The fraction of sp³-hybridized carbons (Fsp3) is 0.529. The third-order valence-electron chi connectivity index (χ3n) is 4.45. The Morgan fingerprint density at radius 3 is 2.86 bits per heavy atom. The molecule has 1 fully saturated rings. The lowest BCUT2D eigenvalue weighted by molar-refractivity contribution is -0.128. The van der Waals surface area contributed by atoms with Gasteiger partial charge in [0.1, 0.15) is 0 Å². The van der Waals surface area contributed by atoms with E-state index in [9.17, 15) is 9.59 Å². The number of fused-ring (bicyclic) bond motifs is 1. The van der Waals surface area contributed by atoms with E-state index in [1.807, 2.05) is 41.8 Å². The lowest BCUT2D eigenvalue weighted by Gasteiger charge is -2.25. The highest BCUT2D eigenvalue weighted by Crippen LogP contribution is 2.38. The fourth-order valence-corrected chi connectivity index (χ4v) is 4.29. The van der Waals surface area contributed by atoms with Crippen molar-refractivity contribution in [3.05, 3.63) is 24.3 Å². The molecular weight excluding hydrogens is 296 g/mol. The van der Waals surface area contributed by atoms with Crippen molar-refractivity contribution in [2.24, 2.45) is 5.92 Å². The van der Waals surface area contributed by atoms with Gasteiger partial charge in [-0.15, -0.1) is 11.8 Å². The van der Waals surface area contributed by atoms with Crippen molar-refractivity contribution in [1.29, 1.82) is 0 Å². The average Bonchev–Trinajstić information content (AvgIpc) is 2.80. The molecular formula is C17H22N2O2S. The first kappa shape index (κ1) is 15.4. The molecule has 2 aliphatic heterocycles. The van der Waals surface area contributed by atoms with E-state index >= 15 is 0 Å². The molecule has 0 radical (unpaired) electrons. The van der Waals surface area contributed by atoms with Crippen molar-refractivity contribution in [1.82, 2.24) is 4.90 Å². The third kappa shape index (κ3) is 2.86. The van der Waals surface area contributed by atoms with E-state index in [0.29, 0.717) is 24.8 Å². The Kier molecular flexibility index (Phi) is 4.43. The molecule has 3 rings (SSSR count). The fourth-order valence-electron chi connectivity index (χ4n) is 3.18. The van der Waals surface area contributed by atoms with Crippen LogP contribution in [-0.2, 0) is 9.59 Å². The van der Waals surface area contributed by atoms with Gasteiger partial charge in [-0.1, -0.05) is 19.1 Å². The predicted octanol–water partition coefficient (Wildman–Crippen LogP) is 2.77. The second kappa shape index (κ2) is 6.32. The molecule has 0 spiro atoms. The number of rotatable bonds is 2. The minimum Gasteiger partial charge on any atom is -0.342 e. The maximum atomic E-state index is 13.0. The van der Waals surface area contributed by atoms with Gasteiger partial charge in [-0.2, -0.15) is 0 Å². The normalized spacial score (nSPS) is 25.1. The van der Waals surface area contributed by atoms with Crippen molar-refractivity contribution in [2.45, 2.75) is 36.8 Å². The second-order valence-corrected chi connectivity index (χ2v) is 7.49. The van der Waals surface area contributed by atoms with Gasteiger partial charge in [0.15, 0.2) is 0 Å². The molecule has 0 bridgehead atoms. The molecule has 2 amide bonds. The minimum atomic E-state index is -0.195.